The standard InChI is InChI=1S/C22H14ClF3N4O2/c23-14-8-6-12(7-9-14)11-28-30-20(31)19-18(27)17-15(22(24,25)26)10-16(29-21(17)32-19)13-4-2-1-3-5-13/h1-11H,27H2,(H,30,31)/b28-11+. The van der Waals surface area contributed by atoms with Gasteiger partial charge in [0.05, 0.1) is 28.5 Å². The Balaban J connectivity index is 1.72. The zero-order chi connectivity index (χ0) is 22.9. The van der Waals surface area contributed by atoms with Crippen LogP contribution in [0.25, 0.3) is 22.4 Å². The SMILES string of the molecule is Nc1c(C(=O)N/N=C/c2ccc(Cl)cc2)oc2nc(-c3ccccc3)cc(C(F)(F)F)c12. The Bertz CT molecular complexity index is 1320. The highest BCUT2D eigenvalue weighted by molar-refractivity contribution is 6.30. The summed E-state index contributed by atoms with van der Waals surface area (Å²) in [6, 6.07) is 15.8. The molecule has 3 N–H and O–H groups in total. The summed E-state index contributed by atoms with van der Waals surface area (Å²) in [5.74, 6) is -1.43. The largest absolute Gasteiger partial charge is 0.430 e. The van der Waals surface area contributed by atoms with Crippen LogP contribution >= 0.6 is 11.6 Å². The number of rotatable bonds is 4. The van der Waals surface area contributed by atoms with E-state index in [1.54, 1.807) is 54.6 Å². The van der Waals surface area contributed by atoms with E-state index in [4.69, 9.17) is 21.8 Å². The Morgan fingerprint density at radius 3 is 2.47 bits per heavy atom. The number of fused-ring (bicyclic) bond motifs is 1. The first-order valence-electron chi connectivity index (χ1n) is 9.18. The molecule has 6 nitrogen and oxygen atoms in total. The topological polar surface area (TPSA) is 93.5 Å². The number of pyridine rings is 1. The molecule has 10 heteroatoms. The minimum atomic E-state index is -4.75. The van der Waals surface area contributed by atoms with Crippen LogP contribution in [0.3, 0.4) is 0 Å². The lowest BCUT2D eigenvalue weighted by molar-refractivity contribution is -0.136. The van der Waals surface area contributed by atoms with Gasteiger partial charge in [0.1, 0.15) is 0 Å². The Morgan fingerprint density at radius 2 is 1.81 bits per heavy atom. The van der Waals surface area contributed by atoms with Crippen molar-refractivity contribution in [2.24, 2.45) is 5.10 Å². The molecule has 1 amide bonds. The summed E-state index contributed by atoms with van der Waals surface area (Å²) in [5, 5.41) is 3.82. The predicted molar refractivity (Wildman–Crippen MR) is 115 cm³/mol. The molecule has 2 aromatic heterocycles. The van der Waals surface area contributed by atoms with Crippen molar-refractivity contribution in [2.75, 3.05) is 5.73 Å². The van der Waals surface area contributed by atoms with Gasteiger partial charge in [0.15, 0.2) is 0 Å². The molecule has 0 radical (unpaired) electrons. The number of nitrogens with one attached hydrogen (secondary N) is 1. The third-order valence-electron chi connectivity index (χ3n) is 4.53. The Morgan fingerprint density at radius 1 is 1.12 bits per heavy atom. The van der Waals surface area contributed by atoms with Crippen molar-refractivity contribution < 1.29 is 22.4 Å². The number of halogens is 4. The zero-order valence-corrected chi connectivity index (χ0v) is 16.9. The Labute approximate surface area is 184 Å². The zero-order valence-electron chi connectivity index (χ0n) is 16.2. The van der Waals surface area contributed by atoms with Crippen LogP contribution in [0.15, 0.2) is 70.2 Å². The van der Waals surface area contributed by atoms with E-state index in [-0.39, 0.29) is 5.69 Å². The molecule has 0 saturated heterocycles. The number of benzene rings is 2. The molecule has 0 aliphatic heterocycles. The molecule has 0 bridgehead atoms. The van der Waals surface area contributed by atoms with Gasteiger partial charge in [-0.05, 0) is 23.8 Å². The molecule has 0 atom stereocenters. The summed E-state index contributed by atoms with van der Waals surface area (Å²) in [5.41, 5.74) is 7.25. The normalized spacial score (nSPS) is 11.9. The van der Waals surface area contributed by atoms with E-state index >= 15 is 0 Å². The summed E-state index contributed by atoms with van der Waals surface area (Å²) in [6.07, 6.45) is -3.41. The number of carbonyl (C=O) groups is 1. The fourth-order valence-electron chi connectivity index (χ4n) is 3.04. The second kappa shape index (κ2) is 8.35. The highest BCUT2D eigenvalue weighted by Crippen LogP contribution is 2.41. The lowest BCUT2D eigenvalue weighted by Crippen LogP contribution is -2.18. The van der Waals surface area contributed by atoms with E-state index in [1.165, 1.54) is 6.21 Å². The summed E-state index contributed by atoms with van der Waals surface area (Å²) in [7, 11) is 0. The molecule has 0 aliphatic carbocycles. The molecule has 0 aliphatic rings. The van der Waals surface area contributed by atoms with Crippen LogP contribution in [-0.2, 0) is 6.18 Å². The average molecular weight is 459 g/mol. The number of amides is 1. The van der Waals surface area contributed by atoms with Gasteiger partial charge < -0.3 is 10.2 Å². The van der Waals surface area contributed by atoms with Gasteiger partial charge in [-0.1, -0.05) is 54.1 Å². The highest BCUT2D eigenvalue weighted by Gasteiger charge is 2.37. The number of aromatic nitrogens is 1. The highest BCUT2D eigenvalue weighted by atomic mass is 35.5. The molecular weight excluding hydrogens is 445 g/mol. The number of nitrogen functional groups attached to an aromatic ring is 1. The molecule has 0 saturated carbocycles. The first-order valence-corrected chi connectivity index (χ1v) is 9.56. The molecular formula is C22H14ClF3N4O2. The minimum Gasteiger partial charge on any atom is -0.430 e. The molecule has 0 spiro atoms. The van der Waals surface area contributed by atoms with E-state index in [1.807, 2.05) is 0 Å². The number of anilines is 1. The number of nitrogens with two attached hydrogens (primary N) is 1. The molecule has 0 unspecified atom stereocenters. The second-order valence-electron chi connectivity index (χ2n) is 6.69. The first kappa shape index (κ1) is 21.4. The van der Waals surface area contributed by atoms with Crippen molar-refractivity contribution in [1.82, 2.24) is 10.4 Å². The molecule has 2 aromatic carbocycles. The Hall–Kier alpha value is -3.85. The lowest BCUT2D eigenvalue weighted by Gasteiger charge is -2.10. The quantitative estimate of drug-likeness (QED) is 0.311. The molecule has 0 fully saturated rings. The summed E-state index contributed by atoms with van der Waals surface area (Å²) >= 11 is 5.80. The van der Waals surface area contributed by atoms with Crippen LogP contribution < -0.4 is 11.2 Å². The van der Waals surface area contributed by atoms with Gasteiger partial charge in [-0.25, -0.2) is 10.4 Å². The number of hydrogen-bond acceptors (Lipinski definition) is 5. The van der Waals surface area contributed by atoms with Crippen molar-refractivity contribution >= 4 is 40.5 Å². The maximum absolute atomic E-state index is 13.8. The van der Waals surface area contributed by atoms with E-state index in [0.717, 1.165) is 6.07 Å². The van der Waals surface area contributed by atoms with Gasteiger partial charge in [0.2, 0.25) is 11.5 Å². The monoisotopic (exact) mass is 458 g/mol. The van der Waals surface area contributed by atoms with Gasteiger partial charge in [-0.15, -0.1) is 0 Å². The minimum absolute atomic E-state index is 0.0342. The van der Waals surface area contributed by atoms with Gasteiger partial charge in [-0.3, -0.25) is 4.79 Å². The van der Waals surface area contributed by atoms with E-state index in [0.29, 0.717) is 16.1 Å². The van der Waals surface area contributed by atoms with Crippen LogP contribution in [0, 0.1) is 0 Å². The Kier molecular flexibility index (Phi) is 5.58. The fourth-order valence-corrected chi connectivity index (χ4v) is 3.16. The summed E-state index contributed by atoms with van der Waals surface area (Å²) in [4.78, 5) is 16.6. The number of hydrazone groups is 1. The van der Waals surface area contributed by atoms with Gasteiger partial charge in [-0.2, -0.15) is 18.3 Å². The molecule has 4 rings (SSSR count). The third-order valence-corrected chi connectivity index (χ3v) is 4.78. The second-order valence-corrected chi connectivity index (χ2v) is 7.13. The fraction of sp³-hybridized carbons (Fsp3) is 0.0455. The number of nitrogens with zero attached hydrogens (tertiary/aromatic N) is 2. The van der Waals surface area contributed by atoms with Crippen LogP contribution in [0.5, 0.6) is 0 Å². The van der Waals surface area contributed by atoms with Crippen molar-refractivity contribution in [2.45, 2.75) is 6.18 Å². The van der Waals surface area contributed by atoms with E-state index in [9.17, 15) is 18.0 Å². The van der Waals surface area contributed by atoms with Crippen LogP contribution in [-0.4, -0.2) is 17.1 Å². The predicted octanol–water partition coefficient (Wildman–Crippen LogP) is 5.51. The first-order chi connectivity index (χ1) is 15.2. The van der Waals surface area contributed by atoms with Gasteiger partial charge in [0, 0.05) is 10.6 Å². The van der Waals surface area contributed by atoms with E-state index in [2.05, 4.69) is 15.5 Å². The summed E-state index contributed by atoms with van der Waals surface area (Å²) in [6.45, 7) is 0. The molecule has 32 heavy (non-hydrogen) atoms. The maximum Gasteiger partial charge on any atom is 0.417 e. The van der Waals surface area contributed by atoms with Gasteiger partial charge >= 0.3 is 12.1 Å². The van der Waals surface area contributed by atoms with Crippen molar-refractivity contribution in [3.05, 3.63) is 82.6 Å². The smallest absolute Gasteiger partial charge is 0.417 e. The van der Waals surface area contributed by atoms with Gasteiger partial charge in [0.25, 0.3) is 0 Å². The number of alkyl halides is 3. The number of furan rings is 1. The van der Waals surface area contributed by atoms with Crippen molar-refractivity contribution in [3.63, 3.8) is 0 Å². The molecule has 2 heterocycles. The van der Waals surface area contributed by atoms with Crippen molar-refractivity contribution in [3.8, 4) is 11.3 Å². The maximum atomic E-state index is 13.8. The molecule has 162 valence electrons. The number of hydrogen-bond donors (Lipinski definition) is 2. The number of carbonyl (C=O) groups excluding carboxylic acids is 1. The average Bonchev–Trinajstić information content (AvgIpc) is 3.11. The van der Waals surface area contributed by atoms with Crippen LogP contribution in [0.1, 0.15) is 21.7 Å². The third kappa shape index (κ3) is 4.28. The molecule has 4 aromatic rings. The van der Waals surface area contributed by atoms with Crippen LogP contribution in [0.2, 0.25) is 5.02 Å². The van der Waals surface area contributed by atoms with Crippen LogP contribution in [0.4, 0.5) is 18.9 Å². The lowest BCUT2D eigenvalue weighted by atomic mass is 10.1. The van der Waals surface area contributed by atoms with Crippen molar-refractivity contribution in [1.29, 1.82) is 0 Å². The van der Waals surface area contributed by atoms with E-state index < -0.39 is 40.2 Å². The summed E-state index contributed by atoms with van der Waals surface area (Å²) < 4.78 is 46.6.